The van der Waals surface area contributed by atoms with Gasteiger partial charge in [-0.3, -0.25) is 19.7 Å². The Morgan fingerprint density at radius 2 is 1.96 bits per heavy atom. The van der Waals surface area contributed by atoms with Crippen LogP contribution in [0.4, 0.5) is 11.4 Å². The largest absolute Gasteiger partial charge is 0.491 e. The van der Waals surface area contributed by atoms with E-state index in [9.17, 15) is 19.7 Å². The molecule has 0 radical (unpaired) electrons. The maximum absolute atomic E-state index is 12.3. The van der Waals surface area contributed by atoms with Crippen molar-refractivity contribution in [3.05, 3.63) is 63.7 Å². The van der Waals surface area contributed by atoms with Crippen molar-refractivity contribution in [2.24, 2.45) is 0 Å². The SMILES string of the molecule is CCCOc1ccc(C=O)cc1NC(=O)c1ccc([N+](=O)[O-])cc1. The third-order valence-electron chi connectivity index (χ3n) is 3.19. The Morgan fingerprint density at radius 1 is 1.25 bits per heavy atom. The van der Waals surface area contributed by atoms with E-state index in [1.54, 1.807) is 12.1 Å². The molecule has 1 N–H and O–H groups in total. The summed E-state index contributed by atoms with van der Waals surface area (Å²) in [6, 6.07) is 9.97. The van der Waals surface area contributed by atoms with Crippen LogP contribution >= 0.6 is 0 Å². The van der Waals surface area contributed by atoms with Gasteiger partial charge in [0.05, 0.1) is 17.2 Å². The van der Waals surface area contributed by atoms with Crippen molar-refractivity contribution in [3.8, 4) is 5.75 Å². The van der Waals surface area contributed by atoms with Gasteiger partial charge in [-0.25, -0.2) is 0 Å². The molecule has 0 atom stereocenters. The lowest BCUT2D eigenvalue weighted by Crippen LogP contribution is -2.13. The van der Waals surface area contributed by atoms with Crippen LogP contribution in [0.3, 0.4) is 0 Å². The molecule has 7 nitrogen and oxygen atoms in total. The summed E-state index contributed by atoms with van der Waals surface area (Å²) in [6.07, 6.45) is 1.47. The first kappa shape index (κ1) is 17.1. The molecule has 0 aliphatic carbocycles. The minimum Gasteiger partial charge on any atom is -0.491 e. The Kier molecular flexibility index (Phi) is 5.62. The molecule has 0 fully saturated rings. The van der Waals surface area contributed by atoms with Crippen LogP contribution in [0.5, 0.6) is 5.75 Å². The molecule has 0 saturated heterocycles. The van der Waals surface area contributed by atoms with Crippen LogP contribution in [0.1, 0.15) is 34.1 Å². The number of hydrogen-bond donors (Lipinski definition) is 1. The molecule has 0 aliphatic rings. The molecule has 0 heterocycles. The van der Waals surface area contributed by atoms with Crippen molar-refractivity contribution in [3.63, 3.8) is 0 Å². The van der Waals surface area contributed by atoms with Crippen LogP contribution in [-0.4, -0.2) is 23.7 Å². The molecule has 124 valence electrons. The number of nitro benzene ring substituents is 1. The molecule has 0 aliphatic heterocycles. The van der Waals surface area contributed by atoms with E-state index < -0.39 is 10.8 Å². The second-order valence-electron chi connectivity index (χ2n) is 4.98. The molecule has 2 rings (SSSR count). The van der Waals surface area contributed by atoms with Crippen molar-refractivity contribution >= 4 is 23.6 Å². The Bertz CT molecular complexity index is 756. The van der Waals surface area contributed by atoms with Crippen molar-refractivity contribution in [1.29, 1.82) is 0 Å². The number of hydrogen-bond acceptors (Lipinski definition) is 5. The number of nitrogens with one attached hydrogen (secondary N) is 1. The Balaban J connectivity index is 2.23. The second-order valence-corrected chi connectivity index (χ2v) is 4.98. The van der Waals surface area contributed by atoms with E-state index in [1.165, 1.54) is 30.3 Å². The lowest BCUT2D eigenvalue weighted by atomic mass is 10.1. The van der Waals surface area contributed by atoms with Crippen LogP contribution in [0.25, 0.3) is 0 Å². The van der Waals surface area contributed by atoms with Gasteiger partial charge in [0.1, 0.15) is 12.0 Å². The zero-order chi connectivity index (χ0) is 17.5. The van der Waals surface area contributed by atoms with Crippen LogP contribution in [0.15, 0.2) is 42.5 Å². The molecule has 0 spiro atoms. The third-order valence-corrected chi connectivity index (χ3v) is 3.19. The third kappa shape index (κ3) is 4.16. The number of non-ortho nitro benzene ring substituents is 1. The molecule has 0 bridgehead atoms. The van der Waals surface area contributed by atoms with Gasteiger partial charge in [-0.15, -0.1) is 0 Å². The molecule has 7 heteroatoms. The van der Waals surface area contributed by atoms with Gasteiger partial charge < -0.3 is 10.1 Å². The first-order valence-corrected chi connectivity index (χ1v) is 7.33. The molecular weight excluding hydrogens is 312 g/mol. The number of rotatable bonds is 7. The highest BCUT2D eigenvalue weighted by Crippen LogP contribution is 2.26. The highest BCUT2D eigenvalue weighted by Gasteiger charge is 2.13. The molecule has 0 unspecified atom stereocenters. The molecule has 0 aromatic heterocycles. The standard InChI is InChI=1S/C17H16N2O5/c1-2-9-24-16-8-3-12(11-20)10-15(16)18-17(21)13-4-6-14(7-5-13)19(22)23/h3-8,10-11H,2,9H2,1H3,(H,18,21). The maximum Gasteiger partial charge on any atom is 0.269 e. The zero-order valence-electron chi connectivity index (χ0n) is 13.0. The summed E-state index contributed by atoms with van der Waals surface area (Å²) in [5.74, 6) is 0.00649. The van der Waals surface area contributed by atoms with Crippen molar-refractivity contribution in [2.75, 3.05) is 11.9 Å². The fourth-order valence-electron chi connectivity index (χ4n) is 1.99. The number of aldehydes is 1. The van der Waals surface area contributed by atoms with Gasteiger partial charge in [-0.05, 0) is 36.8 Å². The molecule has 1 amide bonds. The smallest absolute Gasteiger partial charge is 0.269 e. The number of ether oxygens (including phenoxy) is 1. The van der Waals surface area contributed by atoms with E-state index in [4.69, 9.17) is 4.74 Å². The van der Waals surface area contributed by atoms with Crippen LogP contribution in [-0.2, 0) is 0 Å². The van der Waals surface area contributed by atoms with Gasteiger partial charge in [-0.1, -0.05) is 6.92 Å². The van der Waals surface area contributed by atoms with Gasteiger partial charge in [0.25, 0.3) is 11.6 Å². The summed E-state index contributed by atoms with van der Waals surface area (Å²) in [7, 11) is 0. The Morgan fingerprint density at radius 3 is 2.54 bits per heavy atom. The fraction of sp³-hybridized carbons (Fsp3) is 0.176. The number of nitrogens with zero attached hydrogens (tertiary/aromatic N) is 1. The number of carbonyl (C=O) groups is 2. The van der Waals surface area contributed by atoms with E-state index in [-0.39, 0.29) is 11.3 Å². The second kappa shape index (κ2) is 7.87. The highest BCUT2D eigenvalue weighted by molar-refractivity contribution is 6.05. The minimum absolute atomic E-state index is 0.0959. The van der Waals surface area contributed by atoms with Gasteiger partial charge in [0.15, 0.2) is 0 Å². The van der Waals surface area contributed by atoms with Gasteiger partial charge in [-0.2, -0.15) is 0 Å². The molecule has 0 saturated carbocycles. The summed E-state index contributed by atoms with van der Waals surface area (Å²) in [5.41, 5.74) is 0.939. The summed E-state index contributed by atoms with van der Waals surface area (Å²) in [4.78, 5) is 33.3. The molecule has 2 aromatic carbocycles. The van der Waals surface area contributed by atoms with E-state index in [0.717, 1.165) is 6.42 Å². The number of carbonyl (C=O) groups excluding carboxylic acids is 2. The Hall–Kier alpha value is -3.22. The summed E-state index contributed by atoms with van der Waals surface area (Å²) < 4.78 is 5.55. The number of benzene rings is 2. The van der Waals surface area contributed by atoms with Crippen LogP contribution in [0, 0.1) is 10.1 Å². The predicted molar refractivity (Wildman–Crippen MR) is 88.7 cm³/mol. The minimum atomic E-state index is -0.536. The number of amides is 1. The molecule has 24 heavy (non-hydrogen) atoms. The predicted octanol–water partition coefficient (Wildman–Crippen LogP) is 3.45. The summed E-state index contributed by atoms with van der Waals surface area (Å²) in [5, 5.41) is 13.3. The van der Waals surface area contributed by atoms with E-state index in [1.807, 2.05) is 6.92 Å². The van der Waals surface area contributed by atoms with Gasteiger partial charge >= 0.3 is 0 Å². The van der Waals surface area contributed by atoms with E-state index in [0.29, 0.717) is 29.9 Å². The first-order chi connectivity index (χ1) is 11.5. The van der Waals surface area contributed by atoms with Gasteiger partial charge in [0.2, 0.25) is 0 Å². The average molecular weight is 328 g/mol. The topological polar surface area (TPSA) is 98.5 Å². The Labute approximate surface area is 138 Å². The van der Waals surface area contributed by atoms with Crippen LogP contribution < -0.4 is 10.1 Å². The average Bonchev–Trinajstić information content (AvgIpc) is 2.60. The van der Waals surface area contributed by atoms with E-state index >= 15 is 0 Å². The normalized spacial score (nSPS) is 10.0. The summed E-state index contributed by atoms with van der Waals surface area (Å²) in [6.45, 7) is 2.43. The van der Waals surface area contributed by atoms with Crippen LogP contribution in [0.2, 0.25) is 0 Å². The number of anilines is 1. The zero-order valence-corrected chi connectivity index (χ0v) is 13.0. The quantitative estimate of drug-likeness (QED) is 0.477. The summed E-state index contributed by atoms with van der Waals surface area (Å²) >= 11 is 0. The lowest BCUT2D eigenvalue weighted by molar-refractivity contribution is -0.384. The van der Waals surface area contributed by atoms with Crippen molar-refractivity contribution in [1.82, 2.24) is 0 Å². The molecule has 2 aromatic rings. The lowest BCUT2D eigenvalue weighted by Gasteiger charge is -2.12. The van der Waals surface area contributed by atoms with E-state index in [2.05, 4.69) is 5.32 Å². The van der Waals surface area contributed by atoms with Crippen molar-refractivity contribution in [2.45, 2.75) is 13.3 Å². The fourth-order valence-corrected chi connectivity index (χ4v) is 1.99. The maximum atomic E-state index is 12.3. The number of nitro groups is 1. The molecular formula is C17H16N2O5. The van der Waals surface area contributed by atoms with Gasteiger partial charge in [0, 0.05) is 23.3 Å². The highest BCUT2D eigenvalue weighted by atomic mass is 16.6. The first-order valence-electron chi connectivity index (χ1n) is 7.33. The monoisotopic (exact) mass is 328 g/mol. The van der Waals surface area contributed by atoms with Crippen molar-refractivity contribution < 1.29 is 19.2 Å².